The van der Waals surface area contributed by atoms with Gasteiger partial charge in [-0.15, -0.1) is 0 Å². The van der Waals surface area contributed by atoms with Crippen molar-refractivity contribution in [2.75, 3.05) is 0 Å². The van der Waals surface area contributed by atoms with E-state index in [0.717, 1.165) is 0 Å². The average Bonchev–Trinajstić information content (AvgIpc) is 2.51. The van der Waals surface area contributed by atoms with Crippen LogP contribution in [0, 0.1) is 29.6 Å². The second-order valence-electron chi connectivity index (χ2n) is 7.15. The molecule has 0 aromatic carbocycles. The third-order valence-electron chi connectivity index (χ3n) is 5.64. The molecule has 2 rings (SSSR count). The number of carbonyl (C=O) groups is 2. The van der Waals surface area contributed by atoms with Crippen LogP contribution in [0.15, 0.2) is 0 Å². The number of ketones is 1. The number of ether oxygens (including phenoxy) is 1. The van der Waals surface area contributed by atoms with E-state index in [-0.39, 0.29) is 23.5 Å². The number of esters is 1. The van der Waals surface area contributed by atoms with Crippen LogP contribution in [-0.2, 0) is 14.3 Å². The van der Waals surface area contributed by atoms with E-state index in [1.165, 1.54) is 0 Å². The number of hydrogen-bond donors (Lipinski definition) is 2. The fourth-order valence-corrected chi connectivity index (χ4v) is 4.01. The van der Waals surface area contributed by atoms with E-state index in [2.05, 4.69) is 0 Å². The maximum atomic E-state index is 12.7. The molecule has 1 saturated carbocycles. The zero-order chi connectivity index (χ0) is 16.6. The van der Waals surface area contributed by atoms with Crippen LogP contribution in [0.2, 0.25) is 0 Å². The zero-order valence-electron chi connectivity index (χ0n) is 13.9. The number of aliphatic hydroxyl groups is 2. The third-order valence-corrected chi connectivity index (χ3v) is 5.64. The lowest BCUT2D eigenvalue weighted by molar-refractivity contribution is -0.169. The van der Waals surface area contributed by atoms with Crippen molar-refractivity contribution in [1.29, 1.82) is 0 Å². The van der Waals surface area contributed by atoms with Crippen molar-refractivity contribution >= 4 is 11.8 Å². The standard InChI is InChI=1S/C17H28O5/c1-5-13-9(3)15(19)11-6-8(2)14(18)12(7-11)16(20)10(4)17(21)22-13/h8-14,16,18,20H,5-7H2,1-4H3/t8-,9?,10?,11?,12+,13?,14-,16+/m0/s1. The van der Waals surface area contributed by atoms with Crippen molar-refractivity contribution in [3.8, 4) is 0 Å². The Labute approximate surface area is 132 Å². The molecule has 1 heterocycles. The Morgan fingerprint density at radius 2 is 1.68 bits per heavy atom. The number of hydrogen-bond acceptors (Lipinski definition) is 5. The highest BCUT2D eigenvalue weighted by Crippen LogP contribution is 2.40. The number of aliphatic hydroxyl groups excluding tert-OH is 2. The van der Waals surface area contributed by atoms with Crippen molar-refractivity contribution in [3.05, 3.63) is 0 Å². The molecule has 1 aliphatic carbocycles. The van der Waals surface area contributed by atoms with Crippen LogP contribution in [0.4, 0.5) is 0 Å². The summed E-state index contributed by atoms with van der Waals surface area (Å²) in [6.45, 7) is 7.25. The Bertz CT molecular complexity index is 435. The van der Waals surface area contributed by atoms with E-state index in [9.17, 15) is 19.8 Å². The van der Waals surface area contributed by atoms with Gasteiger partial charge in [-0.2, -0.15) is 0 Å². The lowest BCUT2D eigenvalue weighted by Crippen LogP contribution is -2.50. The van der Waals surface area contributed by atoms with E-state index < -0.39 is 36.1 Å². The van der Waals surface area contributed by atoms with Crippen LogP contribution in [-0.4, -0.2) is 40.3 Å². The molecule has 4 unspecified atom stereocenters. The van der Waals surface area contributed by atoms with Gasteiger partial charge in [-0.25, -0.2) is 0 Å². The Kier molecular flexibility index (Phi) is 5.28. The molecule has 5 heteroatoms. The van der Waals surface area contributed by atoms with Gasteiger partial charge >= 0.3 is 5.97 Å². The fraction of sp³-hybridized carbons (Fsp3) is 0.882. The Balaban J connectivity index is 2.36. The van der Waals surface area contributed by atoms with Gasteiger partial charge in [0.2, 0.25) is 0 Å². The van der Waals surface area contributed by atoms with Crippen molar-refractivity contribution in [3.63, 3.8) is 0 Å². The Hall–Kier alpha value is -0.940. The molecule has 2 aliphatic rings. The van der Waals surface area contributed by atoms with Gasteiger partial charge in [-0.05, 0) is 32.1 Å². The summed E-state index contributed by atoms with van der Waals surface area (Å²) in [5.74, 6) is -2.12. The van der Waals surface area contributed by atoms with Gasteiger partial charge in [0.15, 0.2) is 0 Å². The van der Waals surface area contributed by atoms with Crippen LogP contribution in [0.5, 0.6) is 0 Å². The maximum Gasteiger partial charge on any atom is 0.311 e. The topological polar surface area (TPSA) is 83.8 Å². The van der Waals surface area contributed by atoms with Gasteiger partial charge in [0.05, 0.1) is 24.0 Å². The predicted molar refractivity (Wildman–Crippen MR) is 80.9 cm³/mol. The number of rotatable bonds is 1. The van der Waals surface area contributed by atoms with Crippen LogP contribution in [0.25, 0.3) is 0 Å². The molecule has 8 atom stereocenters. The molecule has 0 amide bonds. The summed E-state index contributed by atoms with van der Waals surface area (Å²) in [4.78, 5) is 25.0. The fourth-order valence-electron chi connectivity index (χ4n) is 4.01. The van der Waals surface area contributed by atoms with Crippen molar-refractivity contribution in [1.82, 2.24) is 0 Å². The van der Waals surface area contributed by atoms with Gasteiger partial charge in [0, 0.05) is 11.8 Å². The van der Waals surface area contributed by atoms with E-state index in [1.54, 1.807) is 6.92 Å². The molecular weight excluding hydrogens is 284 g/mol. The molecule has 0 radical (unpaired) electrons. The quantitative estimate of drug-likeness (QED) is 0.718. The third kappa shape index (κ3) is 3.06. The smallest absolute Gasteiger partial charge is 0.311 e. The molecule has 0 aromatic rings. The van der Waals surface area contributed by atoms with E-state index in [4.69, 9.17) is 4.74 Å². The van der Waals surface area contributed by atoms with Gasteiger partial charge in [0.1, 0.15) is 11.9 Å². The number of fused-ring (bicyclic) bond motifs is 2. The van der Waals surface area contributed by atoms with Crippen molar-refractivity contribution in [2.24, 2.45) is 29.6 Å². The van der Waals surface area contributed by atoms with Crippen molar-refractivity contribution < 1.29 is 24.5 Å². The monoisotopic (exact) mass is 312 g/mol. The largest absolute Gasteiger partial charge is 0.461 e. The molecule has 2 N–H and O–H groups in total. The van der Waals surface area contributed by atoms with Crippen molar-refractivity contribution in [2.45, 2.75) is 65.3 Å². The molecule has 0 spiro atoms. The molecule has 1 saturated heterocycles. The summed E-state index contributed by atoms with van der Waals surface area (Å²) < 4.78 is 5.47. The first-order chi connectivity index (χ1) is 10.3. The average molecular weight is 312 g/mol. The molecule has 22 heavy (non-hydrogen) atoms. The van der Waals surface area contributed by atoms with Gasteiger partial charge in [-0.3, -0.25) is 9.59 Å². The predicted octanol–water partition coefficient (Wildman–Crippen LogP) is 1.55. The van der Waals surface area contributed by atoms with Gasteiger partial charge < -0.3 is 14.9 Å². The minimum atomic E-state index is -0.980. The summed E-state index contributed by atoms with van der Waals surface area (Å²) in [5, 5.41) is 20.9. The van der Waals surface area contributed by atoms with Crippen LogP contribution in [0.3, 0.4) is 0 Å². The van der Waals surface area contributed by atoms with Crippen LogP contribution < -0.4 is 0 Å². The molecule has 2 bridgehead atoms. The lowest BCUT2D eigenvalue weighted by Gasteiger charge is -2.42. The first-order valence-electron chi connectivity index (χ1n) is 8.38. The van der Waals surface area contributed by atoms with Gasteiger partial charge in [-0.1, -0.05) is 20.8 Å². The molecular formula is C17H28O5. The maximum absolute atomic E-state index is 12.7. The lowest BCUT2D eigenvalue weighted by atomic mass is 9.67. The van der Waals surface area contributed by atoms with E-state index >= 15 is 0 Å². The summed E-state index contributed by atoms with van der Waals surface area (Å²) >= 11 is 0. The van der Waals surface area contributed by atoms with Crippen LogP contribution >= 0.6 is 0 Å². The molecule has 0 aromatic heterocycles. The highest BCUT2D eigenvalue weighted by molar-refractivity contribution is 5.84. The SMILES string of the molecule is CCC1OC(=O)C(C)[C@@H](O)[C@@H]2CC(C[C@H](C)[C@@H]2O)C(=O)C1C. The molecule has 126 valence electrons. The molecule has 1 aliphatic heterocycles. The Morgan fingerprint density at radius 1 is 1.05 bits per heavy atom. The molecule has 2 fully saturated rings. The minimum Gasteiger partial charge on any atom is -0.461 e. The first kappa shape index (κ1) is 17.4. The summed E-state index contributed by atoms with van der Waals surface area (Å²) in [6, 6.07) is 0. The summed E-state index contributed by atoms with van der Waals surface area (Å²) in [7, 11) is 0. The highest BCUT2D eigenvalue weighted by atomic mass is 16.5. The van der Waals surface area contributed by atoms with E-state index in [1.807, 2.05) is 20.8 Å². The van der Waals surface area contributed by atoms with E-state index in [0.29, 0.717) is 19.3 Å². The second kappa shape index (κ2) is 6.67. The summed E-state index contributed by atoms with van der Waals surface area (Å²) in [6.07, 6.45) is -0.447. The highest BCUT2D eigenvalue weighted by Gasteiger charge is 2.46. The normalized spacial score (nSPS) is 47.0. The van der Waals surface area contributed by atoms with Crippen LogP contribution in [0.1, 0.15) is 47.0 Å². The summed E-state index contributed by atoms with van der Waals surface area (Å²) in [5.41, 5.74) is 0. The van der Waals surface area contributed by atoms with Gasteiger partial charge in [0.25, 0.3) is 0 Å². The number of cyclic esters (lactones) is 1. The minimum absolute atomic E-state index is 0.0581. The second-order valence-corrected chi connectivity index (χ2v) is 7.15. The first-order valence-corrected chi connectivity index (χ1v) is 8.38. The number of carbonyl (C=O) groups excluding carboxylic acids is 2. The molecule has 5 nitrogen and oxygen atoms in total. The number of Topliss-reactive ketones (excluding diaryl/α,β-unsaturated/α-hetero) is 1. The zero-order valence-corrected chi connectivity index (χ0v) is 13.9. The Morgan fingerprint density at radius 3 is 2.27 bits per heavy atom.